The van der Waals surface area contributed by atoms with Gasteiger partial charge in [0.15, 0.2) is 0 Å². The van der Waals surface area contributed by atoms with Gasteiger partial charge in [0.1, 0.15) is 5.60 Å². The van der Waals surface area contributed by atoms with Gasteiger partial charge < -0.3 is 14.6 Å². The summed E-state index contributed by atoms with van der Waals surface area (Å²) in [6.07, 6.45) is 0.753. The van der Waals surface area contributed by atoms with Crippen molar-refractivity contribution < 1.29 is 64.1 Å². The maximum atomic E-state index is 14.1. The average molecular weight is 496 g/mol. The van der Waals surface area contributed by atoms with Gasteiger partial charge in [-0.25, -0.2) is 14.4 Å². The Morgan fingerprint density at radius 1 is 0.879 bits per heavy atom. The molecular formula is C19H20F8O6. The first-order valence-corrected chi connectivity index (χ1v) is 9.92. The highest BCUT2D eigenvalue weighted by molar-refractivity contribution is 5.84. The molecule has 33 heavy (non-hydrogen) atoms. The fourth-order valence-corrected chi connectivity index (χ4v) is 5.72. The Hall–Kier alpha value is -2.15. The van der Waals surface area contributed by atoms with E-state index in [0.29, 0.717) is 26.2 Å². The molecule has 4 rings (SSSR count). The fraction of sp³-hybridized carbons (Fsp3) is 0.842. The lowest BCUT2D eigenvalue weighted by Gasteiger charge is -2.61. The number of esters is 2. The maximum Gasteiger partial charge on any atom is 0.411 e. The number of rotatable bonds is 8. The molecule has 0 aromatic carbocycles. The number of hydrogen-bond donors (Lipinski definition) is 1. The zero-order valence-electron chi connectivity index (χ0n) is 17.1. The first kappa shape index (κ1) is 25.5. The lowest BCUT2D eigenvalue weighted by atomic mass is 9.48. The number of carbonyl (C=O) groups excluding carboxylic acids is 2. The number of ether oxygens (including phenoxy) is 2. The van der Waals surface area contributed by atoms with Gasteiger partial charge in [-0.15, -0.1) is 0 Å². The predicted octanol–water partition coefficient (Wildman–Crippen LogP) is 4.06. The second kappa shape index (κ2) is 7.42. The third kappa shape index (κ3) is 4.13. The van der Waals surface area contributed by atoms with Gasteiger partial charge in [0.25, 0.3) is 0 Å². The normalized spacial score (nSPS) is 31.9. The van der Waals surface area contributed by atoms with Crippen molar-refractivity contribution in [2.45, 2.75) is 74.7 Å². The Bertz CT molecular complexity index is 838. The van der Waals surface area contributed by atoms with E-state index in [4.69, 9.17) is 9.84 Å². The topological polar surface area (TPSA) is 89.9 Å². The molecule has 0 aromatic rings. The molecule has 1 N–H and O–H groups in total. The lowest BCUT2D eigenvalue weighted by molar-refractivity contribution is -0.307. The Labute approximate surface area is 181 Å². The Morgan fingerprint density at radius 3 is 1.85 bits per heavy atom. The van der Waals surface area contributed by atoms with Crippen LogP contribution >= 0.6 is 0 Å². The zero-order valence-corrected chi connectivity index (χ0v) is 17.1. The van der Waals surface area contributed by atoms with Crippen LogP contribution in [-0.4, -0.2) is 58.9 Å². The standard InChI is InChI=1S/C19H20F8O6/c1-14(20,21)12(30)32-8-15-3-9-2-10(4-15)6-16(5-9,7-15)33-13(31)18(24,25)19(26,27)17(22,23)11(28)29/h9-10H,2-8H2,1H3,(H,28,29). The second-order valence-corrected chi connectivity index (χ2v) is 9.53. The molecule has 2 atom stereocenters. The van der Waals surface area contributed by atoms with Gasteiger partial charge >= 0.3 is 41.6 Å². The van der Waals surface area contributed by atoms with E-state index in [2.05, 4.69) is 4.74 Å². The van der Waals surface area contributed by atoms with Crippen molar-refractivity contribution in [2.24, 2.45) is 17.3 Å². The van der Waals surface area contributed by atoms with E-state index >= 15 is 0 Å². The number of hydrogen-bond acceptors (Lipinski definition) is 5. The molecule has 0 aromatic heterocycles. The van der Waals surface area contributed by atoms with Gasteiger partial charge in [0.05, 0.1) is 6.61 Å². The molecule has 14 heteroatoms. The number of carboxylic acids is 1. The largest absolute Gasteiger partial charge is 0.477 e. The summed E-state index contributed by atoms with van der Waals surface area (Å²) < 4.78 is 118. The first-order chi connectivity index (χ1) is 14.8. The molecule has 0 spiro atoms. The highest BCUT2D eigenvalue weighted by atomic mass is 19.3. The summed E-state index contributed by atoms with van der Waals surface area (Å²) in [7, 11) is 0. The number of halogens is 8. The van der Waals surface area contributed by atoms with Gasteiger partial charge in [-0.05, 0) is 50.4 Å². The minimum atomic E-state index is -6.59. The molecule has 0 aliphatic heterocycles. The molecular weight excluding hydrogens is 476 g/mol. The van der Waals surface area contributed by atoms with Crippen LogP contribution in [0.5, 0.6) is 0 Å². The SMILES string of the molecule is CC(F)(F)C(=O)OCC12CC3CC(C1)CC(OC(=O)C(F)(F)C(F)(F)C(F)(F)C(=O)O)(C3)C2. The first-order valence-electron chi connectivity index (χ1n) is 9.92. The predicted molar refractivity (Wildman–Crippen MR) is 90.0 cm³/mol. The molecule has 4 fully saturated rings. The molecule has 0 saturated heterocycles. The molecule has 4 saturated carbocycles. The zero-order chi connectivity index (χ0) is 25.3. The van der Waals surface area contributed by atoms with Gasteiger partial charge in [-0.3, -0.25) is 0 Å². The van der Waals surface area contributed by atoms with Crippen molar-refractivity contribution in [3.8, 4) is 0 Å². The van der Waals surface area contributed by atoms with Crippen molar-refractivity contribution >= 4 is 17.9 Å². The summed E-state index contributed by atoms with van der Waals surface area (Å²) >= 11 is 0. The van der Waals surface area contributed by atoms with E-state index in [1.165, 1.54) is 0 Å². The number of carboxylic acid groups (broad SMARTS) is 1. The molecule has 188 valence electrons. The van der Waals surface area contributed by atoms with Crippen LogP contribution in [0.2, 0.25) is 0 Å². The molecule has 0 radical (unpaired) electrons. The van der Waals surface area contributed by atoms with E-state index in [9.17, 15) is 49.5 Å². The maximum absolute atomic E-state index is 14.1. The van der Waals surface area contributed by atoms with Crippen LogP contribution in [-0.2, 0) is 23.9 Å². The van der Waals surface area contributed by atoms with Crippen LogP contribution in [0, 0.1) is 17.3 Å². The van der Waals surface area contributed by atoms with E-state index < -0.39 is 59.2 Å². The van der Waals surface area contributed by atoms with Gasteiger partial charge in [-0.1, -0.05) is 0 Å². The highest BCUT2D eigenvalue weighted by Crippen LogP contribution is 2.63. The van der Waals surface area contributed by atoms with Crippen molar-refractivity contribution in [3.63, 3.8) is 0 Å². The van der Waals surface area contributed by atoms with Crippen LogP contribution in [0.3, 0.4) is 0 Å². The van der Waals surface area contributed by atoms with Crippen molar-refractivity contribution in [1.82, 2.24) is 0 Å². The fourth-order valence-electron chi connectivity index (χ4n) is 5.72. The second-order valence-electron chi connectivity index (χ2n) is 9.53. The minimum absolute atomic E-state index is 0.0636. The van der Waals surface area contributed by atoms with E-state index in [1.807, 2.05) is 0 Å². The van der Waals surface area contributed by atoms with Crippen LogP contribution in [0.4, 0.5) is 35.1 Å². The summed E-state index contributed by atoms with van der Waals surface area (Å²) in [5.74, 6) is -31.8. The third-order valence-electron chi connectivity index (χ3n) is 6.62. The monoisotopic (exact) mass is 496 g/mol. The highest BCUT2D eigenvalue weighted by Gasteiger charge is 2.79. The van der Waals surface area contributed by atoms with Crippen LogP contribution in [0.25, 0.3) is 0 Å². The van der Waals surface area contributed by atoms with Gasteiger partial charge in [-0.2, -0.15) is 35.1 Å². The molecule has 2 unspecified atom stereocenters. The van der Waals surface area contributed by atoms with Gasteiger partial charge in [0, 0.05) is 12.3 Å². The van der Waals surface area contributed by atoms with E-state index in [1.54, 1.807) is 0 Å². The van der Waals surface area contributed by atoms with Crippen LogP contribution in [0.1, 0.15) is 45.4 Å². The Kier molecular flexibility index (Phi) is 5.73. The molecule has 4 bridgehead atoms. The number of alkyl halides is 8. The molecule has 6 nitrogen and oxygen atoms in total. The summed E-state index contributed by atoms with van der Waals surface area (Å²) in [4.78, 5) is 33.8. The summed E-state index contributed by atoms with van der Waals surface area (Å²) in [6.45, 7) is -0.237. The van der Waals surface area contributed by atoms with E-state index in [-0.39, 0.29) is 31.1 Å². The smallest absolute Gasteiger partial charge is 0.411 e. The van der Waals surface area contributed by atoms with Crippen LogP contribution < -0.4 is 0 Å². The summed E-state index contributed by atoms with van der Waals surface area (Å²) in [6, 6.07) is 0. The average Bonchev–Trinajstić information content (AvgIpc) is 2.63. The lowest BCUT2D eigenvalue weighted by Crippen LogP contribution is -2.64. The van der Waals surface area contributed by atoms with E-state index in [0.717, 1.165) is 0 Å². The Morgan fingerprint density at radius 2 is 1.39 bits per heavy atom. The van der Waals surface area contributed by atoms with Crippen LogP contribution in [0.15, 0.2) is 0 Å². The molecule has 4 aliphatic rings. The van der Waals surface area contributed by atoms with Crippen molar-refractivity contribution in [2.75, 3.05) is 6.61 Å². The van der Waals surface area contributed by atoms with Crippen molar-refractivity contribution in [3.05, 3.63) is 0 Å². The minimum Gasteiger partial charge on any atom is -0.477 e. The summed E-state index contributed by atoms with van der Waals surface area (Å²) in [5, 5.41) is 8.21. The number of aliphatic carboxylic acids is 1. The molecule has 0 heterocycles. The van der Waals surface area contributed by atoms with Gasteiger partial charge in [0.2, 0.25) is 0 Å². The number of carbonyl (C=O) groups is 3. The molecule has 0 amide bonds. The molecule has 4 aliphatic carbocycles. The third-order valence-corrected chi connectivity index (χ3v) is 6.62. The quantitative estimate of drug-likeness (QED) is 0.403. The Balaban J connectivity index is 1.81. The van der Waals surface area contributed by atoms with Crippen molar-refractivity contribution in [1.29, 1.82) is 0 Å². The summed E-state index contributed by atoms with van der Waals surface area (Å²) in [5.41, 5.74) is -2.84.